The molecule has 7 heteroatoms. The molecule has 0 spiro atoms. The summed E-state index contributed by atoms with van der Waals surface area (Å²) in [5, 5.41) is 12.1. The molecular formula is C25H30N4O2S. The zero-order chi connectivity index (χ0) is 23.1. The van der Waals surface area contributed by atoms with Crippen LogP contribution in [0.3, 0.4) is 0 Å². The molecule has 0 bridgehead atoms. The van der Waals surface area contributed by atoms with Crippen LogP contribution in [-0.2, 0) is 17.9 Å². The number of amides is 1. The summed E-state index contributed by atoms with van der Waals surface area (Å²) in [5.41, 5.74) is 4.30. The van der Waals surface area contributed by atoms with Crippen molar-refractivity contribution in [3.05, 3.63) is 77.6 Å². The molecule has 32 heavy (non-hydrogen) atoms. The van der Waals surface area contributed by atoms with Crippen molar-refractivity contribution < 1.29 is 9.53 Å². The average molecular weight is 451 g/mol. The highest BCUT2D eigenvalue weighted by atomic mass is 32.2. The third kappa shape index (κ3) is 6.47. The first-order chi connectivity index (χ1) is 15.4. The van der Waals surface area contributed by atoms with E-state index in [9.17, 15) is 4.79 Å². The average Bonchev–Trinajstić information content (AvgIpc) is 3.12. The van der Waals surface area contributed by atoms with Gasteiger partial charge in [-0.15, -0.1) is 16.8 Å². The molecule has 2 aromatic carbocycles. The number of carbonyl (C=O) groups excluding carboxylic acids is 1. The number of hydrogen-bond donors (Lipinski definition) is 1. The number of ether oxygens (including phenoxy) is 1. The Morgan fingerprint density at radius 3 is 2.47 bits per heavy atom. The minimum atomic E-state index is -0.0869. The molecule has 3 aromatic rings. The Morgan fingerprint density at radius 1 is 1.16 bits per heavy atom. The summed E-state index contributed by atoms with van der Waals surface area (Å²) >= 11 is 1.34. The predicted octanol–water partition coefficient (Wildman–Crippen LogP) is 5.51. The summed E-state index contributed by atoms with van der Waals surface area (Å²) in [4.78, 5) is 12.4. The second kappa shape index (κ2) is 11.0. The Hall–Kier alpha value is -3.06. The minimum Gasteiger partial charge on any atom is -0.486 e. The maximum Gasteiger partial charge on any atom is 0.234 e. The van der Waals surface area contributed by atoms with E-state index < -0.39 is 0 Å². The molecule has 0 radical (unpaired) electrons. The molecular weight excluding hydrogens is 420 g/mol. The Morgan fingerprint density at radius 2 is 1.84 bits per heavy atom. The lowest BCUT2D eigenvalue weighted by Crippen LogP contribution is -2.15. The van der Waals surface area contributed by atoms with Gasteiger partial charge in [0.05, 0.1) is 5.75 Å². The van der Waals surface area contributed by atoms with Crippen LogP contribution in [0.5, 0.6) is 5.75 Å². The van der Waals surface area contributed by atoms with Gasteiger partial charge in [0.1, 0.15) is 12.4 Å². The summed E-state index contributed by atoms with van der Waals surface area (Å²) in [6, 6.07) is 14.1. The molecule has 0 saturated heterocycles. The second-order valence-corrected chi connectivity index (χ2v) is 8.97. The number of rotatable bonds is 10. The van der Waals surface area contributed by atoms with Gasteiger partial charge in [-0.3, -0.25) is 9.36 Å². The van der Waals surface area contributed by atoms with Gasteiger partial charge in [0.25, 0.3) is 0 Å². The normalized spacial score (nSPS) is 10.9. The van der Waals surface area contributed by atoms with Crippen LogP contribution in [0.4, 0.5) is 5.69 Å². The molecule has 168 valence electrons. The molecule has 3 rings (SSSR count). The molecule has 0 fully saturated rings. The molecule has 1 amide bonds. The van der Waals surface area contributed by atoms with E-state index in [4.69, 9.17) is 4.74 Å². The quantitative estimate of drug-likeness (QED) is 0.326. The van der Waals surface area contributed by atoms with Crippen LogP contribution in [0.15, 0.2) is 60.3 Å². The molecule has 1 N–H and O–H groups in total. The lowest BCUT2D eigenvalue weighted by Gasteiger charge is -2.11. The summed E-state index contributed by atoms with van der Waals surface area (Å²) in [5.74, 6) is 2.10. The van der Waals surface area contributed by atoms with Crippen molar-refractivity contribution in [3.8, 4) is 5.75 Å². The lowest BCUT2D eigenvalue weighted by atomic mass is 10.0. The number of nitrogens with one attached hydrogen (secondary N) is 1. The molecule has 0 aliphatic carbocycles. The fraction of sp³-hybridized carbons (Fsp3) is 0.320. The number of benzene rings is 2. The van der Waals surface area contributed by atoms with E-state index in [2.05, 4.69) is 54.1 Å². The summed E-state index contributed by atoms with van der Waals surface area (Å²) in [6.45, 7) is 13.0. The van der Waals surface area contributed by atoms with Crippen LogP contribution in [0.1, 0.15) is 42.3 Å². The Bertz CT molecular complexity index is 1050. The number of carbonyl (C=O) groups is 1. The van der Waals surface area contributed by atoms with Gasteiger partial charge in [-0.05, 0) is 60.7 Å². The molecule has 0 unspecified atom stereocenters. The summed E-state index contributed by atoms with van der Waals surface area (Å²) < 4.78 is 7.83. The van der Waals surface area contributed by atoms with Crippen molar-refractivity contribution in [1.82, 2.24) is 14.8 Å². The number of anilines is 1. The Kier molecular flexibility index (Phi) is 8.11. The SMILES string of the molecule is C=CCn1c(COc2ccc(C(C)C)cc2)nnc1SCC(=O)Nc1cc(C)cc(C)c1. The highest BCUT2D eigenvalue weighted by Gasteiger charge is 2.14. The zero-order valence-corrected chi connectivity index (χ0v) is 19.9. The lowest BCUT2D eigenvalue weighted by molar-refractivity contribution is -0.113. The number of aromatic nitrogens is 3. The van der Waals surface area contributed by atoms with Gasteiger partial charge >= 0.3 is 0 Å². The van der Waals surface area contributed by atoms with Crippen LogP contribution in [0.25, 0.3) is 0 Å². The third-order valence-electron chi connectivity index (χ3n) is 4.86. The van der Waals surface area contributed by atoms with E-state index in [-0.39, 0.29) is 18.3 Å². The van der Waals surface area contributed by atoms with E-state index in [1.165, 1.54) is 17.3 Å². The van der Waals surface area contributed by atoms with E-state index in [0.717, 1.165) is 22.6 Å². The van der Waals surface area contributed by atoms with Crippen LogP contribution < -0.4 is 10.1 Å². The summed E-state index contributed by atoms with van der Waals surface area (Å²) in [6.07, 6.45) is 1.78. The van der Waals surface area contributed by atoms with Crippen molar-refractivity contribution in [2.75, 3.05) is 11.1 Å². The fourth-order valence-electron chi connectivity index (χ4n) is 3.32. The maximum atomic E-state index is 12.4. The smallest absolute Gasteiger partial charge is 0.234 e. The van der Waals surface area contributed by atoms with Gasteiger partial charge < -0.3 is 10.1 Å². The third-order valence-corrected chi connectivity index (χ3v) is 5.82. The highest BCUT2D eigenvalue weighted by molar-refractivity contribution is 7.99. The van der Waals surface area contributed by atoms with Crippen LogP contribution in [0.2, 0.25) is 0 Å². The first-order valence-electron chi connectivity index (χ1n) is 10.6. The van der Waals surface area contributed by atoms with Crippen molar-refractivity contribution >= 4 is 23.4 Å². The van der Waals surface area contributed by atoms with Crippen molar-refractivity contribution in [1.29, 1.82) is 0 Å². The number of thioether (sulfide) groups is 1. The van der Waals surface area contributed by atoms with Gasteiger partial charge in [-0.1, -0.05) is 49.9 Å². The molecule has 0 aliphatic heterocycles. The van der Waals surface area contributed by atoms with Crippen molar-refractivity contribution in [2.45, 2.75) is 51.9 Å². The van der Waals surface area contributed by atoms with Crippen LogP contribution in [-0.4, -0.2) is 26.4 Å². The van der Waals surface area contributed by atoms with E-state index >= 15 is 0 Å². The Balaban J connectivity index is 1.61. The van der Waals surface area contributed by atoms with Gasteiger partial charge in [0.15, 0.2) is 11.0 Å². The number of hydrogen-bond acceptors (Lipinski definition) is 5. The molecule has 1 heterocycles. The number of allylic oxidation sites excluding steroid dienone is 1. The largest absolute Gasteiger partial charge is 0.486 e. The predicted molar refractivity (Wildman–Crippen MR) is 130 cm³/mol. The van der Waals surface area contributed by atoms with Crippen molar-refractivity contribution in [2.24, 2.45) is 0 Å². The molecule has 6 nitrogen and oxygen atoms in total. The fourth-order valence-corrected chi connectivity index (χ4v) is 4.08. The molecule has 0 aliphatic rings. The first-order valence-corrected chi connectivity index (χ1v) is 11.6. The first kappa shape index (κ1) is 23.6. The van der Waals surface area contributed by atoms with E-state index in [0.29, 0.717) is 23.4 Å². The molecule has 0 atom stereocenters. The second-order valence-electron chi connectivity index (χ2n) is 8.02. The van der Waals surface area contributed by atoms with E-state index in [1.807, 2.05) is 42.7 Å². The van der Waals surface area contributed by atoms with Crippen molar-refractivity contribution in [3.63, 3.8) is 0 Å². The summed E-state index contributed by atoms with van der Waals surface area (Å²) in [7, 11) is 0. The van der Waals surface area contributed by atoms with Crippen LogP contribution >= 0.6 is 11.8 Å². The Labute approximate surface area is 194 Å². The topological polar surface area (TPSA) is 69.0 Å². The maximum absolute atomic E-state index is 12.4. The highest BCUT2D eigenvalue weighted by Crippen LogP contribution is 2.22. The molecule has 1 aromatic heterocycles. The standard InChI is InChI=1S/C25H30N4O2S/c1-6-11-29-23(15-31-22-9-7-20(8-10-22)17(2)3)27-28-25(29)32-16-24(30)26-21-13-18(4)12-19(5)14-21/h6-10,12-14,17H,1,11,15-16H2,2-5H3,(H,26,30). The van der Waals surface area contributed by atoms with Crippen LogP contribution in [0, 0.1) is 13.8 Å². The van der Waals surface area contributed by atoms with Gasteiger partial charge in [0.2, 0.25) is 5.91 Å². The van der Waals surface area contributed by atoms with E-state index in [1.54, 1.807) is 6.08 Å². The van der Waals surface area contributed by atoms with Gasteiger partial charge in [-0.25, -0.2) is 0 Å². The molecule has 0 saturated carbocycles. The minimum absolute atomic E-state index is 0.0869. The zero-order valence-electron chi connectivity index (χ0n) is 19.1. The van der Waals surface area contributed by atoms with Gasteiger partial charge in [0, 0.05) is 12.2 Å². The van der Waals surface area contributed by atoms with Gasteiger partial charge in [-0.2, -0.15) is 0 Å². The monoisotopic (exact) mass is 450 g/mol. The number of nitrogens with zero attached hydrogens (tertiary/aromatic N) is 3. The number of aryl methyl sites for hydroxylation is 2.